The Morgan fingerprint density at radius 3 is 2.81 bits per heavy atom. The van der Waals surface area contributed by atoms with Gasteiger partial charge >= 0.3 is 5.69 Å². The van der Waals surface area contributed by atoms with Gasteiger partial charge in [0.2, 0.25) is 0 Å². The Hall–Kier alpha value is -2.37. The molecule has 10 nitrogen and oxygen atoms in total. The average Bonchev–Trinajstić information content (AvgIpc) is 3.19. The van der Waals surface area contributed by atoms with Crippen molar-refractivity contribution in [2.24, 2.45) is 4.99 Å². The summed E-state index contributed by atoms with van der Waals surface area (Å²) in [7, 11) is 1.56. The van der Waals surface area contributed by atoms with Crippen molar-refractivity contribution in [2.45, 2.75) is 31.1 Å². The summed E-state index contributed by atoms with van der Waals surface area (Å²) in [5.74, 6) is 1.26. The van der Waals surface area contributed by atoms with E-state index in [-0.39, 0.29) is 5.82 Å². The second-order valence-corrected chi connectivity index (χ2v) is 5.70. The van der Waals surface area contributed by atoms with Crippen LogP contribution < -0.4 is 5.69 Å². The number of hydrogen-bond acceptors (Lipinski definition) is 9. The van der Waals surface area contributed by atoms with E-state index in [0.717, 1.165) is 4.57 Å². The van der Waals surface area contributed by atoms with Crippen LogP contribution in [-0.2, 0) is 16.1 Å². The lowest BCUT2D eigenvalue weighted by Gasteiger charge is -2.16. The molecule has 0 spiro atoms. The normalized spacial score (nSPS) is 26.0. The van der Waals surface area contributed by atoms with Crippen molar-refractivity contribution in [1.82, 2.24) is 9.55 Å². The maximum atomic E-state index is 12.2. The second-order valence-electron chi connectivity index (χ2n) is 5.70. The predicted molar refractivity (Wildman–Crippen MR) is 88.2 cm³/mol. The molecule has 26 heavy (non-hydrogen) atoms. The highest BCUT2D eigenvalue weighted by atomic mass is 16.6. The first-order valence-electron chi connectivity index (χ1n) is 7.87. The van der Waals surface area contributed by atoms with Crippen LogP contribution in [0.4, 0.5) is 5.82 Å². The zero-order valence-electron chi connectivity index (χ0n) is 13.9. The van der Waals surface area contributed by atoms with E-state index in [0.29, 0.717) is 18.1 Å². The SMILES string of the molecule is COCc1ccc(C=Nc2ccn(C3OC(CO)C(O)C3O)c(=O)n2)o1. The van der Waals surface area contributed by atoms with Gasteiger partial charge in [-0.1, -0.05) is 0 Å². The van der Waals surface area contributed by atoms with Crippen molar-refractivity contribution >= 4 is 12.0 Å². The molecule has 3 N–H and O–H groups in total. The highest BCUT2D eigenvalue weighted by Gasteiger charge is 2.43. The van der Waals surface area contributed by atoms with Gasteiger partial charge in [-0.05, 0) is 18.2 Å². The van der Waals surface area contributed by atoms with Gasteiger partial charge in [0.25, 0.3) is 0 Å². The molecule has 3 heterocycles. The van der Waals surface area contributed by atoms with Gasteiger partial charge in [-0.3, -0.25) is 4.57 Å². The molecule has 140 valence electrons. The fourth-order valence-corrected chi connectivity index (χ4v) is 2.59. The second kappa shape index (κ2) is 7.89. The van der Waals surface area contributed by atoms with E-state index < -0.39 is 36.8 Å². The Morgan fingerprint density at radius 2 is 2.15 bits per heavy atom. The van der Waals surface area contributed by atoms with E-state index in [2.05, 4.69) is 9.98 Å². The van der Waals surface area contributed by atoms with Crippen LogP contribution in [0.5, 0.6) is 0 Å². The highest BCUT2D eigenvalue weighted by molar-refractivity contribution is 5.78. The number of methoxy groups -OCH3 is 1. The molecule has 0 saturated carbocycles. The Labute approximate surface area is 148 Å². The summed E-state index contributed by atoms with van der Waals surface area (Å²) >= 11 is 0. The van der Waals surface area contributed by atoms with E-state index in [1.165, 1.54) is 18.5 Å². The molecular weight excluding hydrogens is 346 g/mol. The van der Waals surface area contributed by atoms with Gasteiger partial charge in [-0.25, -0.2) is 9.79 Å². The van der Waals surface area contributed by atoms with E-state index in [1.54, 1.807) is 19.2 Å². The maximum absolute atomic E-state index is 12.2. The number of furan rings is 1. The van der Waals surface area contributed by atoms with E-state index >= 15 is 0 Å². The standard InChI is InChI=1S/C16H19N3O7/c1-24-8-10-3-2-9(25-10)6-17-12-4-5-19(16(23)18-12)15-14(22)13(21)11(7-20)26-15/h2-6,11,13-15,20-22H,7-8H2,1H3. The van der Waals surface area contributed by atoms with Crippen LogP contribution in [-0.4, -0.2) is 63.1 Å². The van der Waals surface area contributed by atoms with Gasteiger partial charge in [-0.2, -0.15) is 4.98 Å². The number of rotatable bonds is 6. The minimum absolute atomic E-state index is 0.141. The summed E-state index contributed by atoms with van der Waals surface area (Å²) in [6, 6.07) is 4.90. The van der Waals surface area contributed by atoms with E-state index in [1.807, 2.05) is 0 Å². The molecule has 3 rings (SSSR count). The molecule has 0 radical (unpaired) electrons. The number of ether oxygens (including phenoxy) is 2. The molecule has 4 unspecified atom stereocenters. The monoisotopic (exact) mass is 365 g/mol. The first-order chi connectivity index (χ1) is 12.5. The smallest absolute Gasteiger partial charge is 0.351 e. The van der Waals surface area contributed by atoms with Gasteiger partial charge in [-0.15, -0.1) is 0 Å². The number of aromatic nitrogens is 2. The molecule has 1 fully saturated rings. The fraction of sp³-hybridized carbons (Fsp3) is 0.438. The molecule has 1 aliphatic rings. The number of nitrogens with zero attached hydrogens (tertiary/aromatic N) is 3. The Bertz CT molecular complexity index is 831. The fourth-order valence-electron chi connectivity index (χ4n) is 2.59. The van der Waals surface area contributed by atoms with Gasteiger partial charge in [0.1, 0.15) is 36.4 Å². The molecule has 0 amide bonds. The van der Waals surface area contributed by atoms with Crippen LogP contribution in [0.25, 0.3) is 0 Å². The first kappa shape index (κ1) is 18.4. The van der Waals surface area contributed by atoms with Crippen LogP contribution in [0.1, 0.15) is 17.7 Å². The van der Waals surface area contributed by atoms with Crippen molar-refractivity contribution in [2.75, 3.05) is 13.7 Å². The quantitative estimate of drug-likeness (QED) is 0.574. The summed E-state index contributed by atoms with van der Waals surface area (Å²) in [5.41, 5.74) is -0.714. The van der Waals surface area contributed by atoms with Gasteiger partial charge < -0.3 is 29.2 Å². The summed E-state index contributed by atoms with van der Waals surface area (Å²) in [5, 5.41) is 28.9. The zero-order valence-corrected chi connectivity index (χ0v) is 13.9. The molecule has 1 aliphatic heterocycles. The van der Waals surface area contributed by atoms with Crippen molar-refractivity contribution < 1.29 is 29.2 Å². The lowest BCUT2D eigenvalue weighted by Crippen LogP contribution is -2.35. The third-order valence-corrected chi connectivity index (χ3v) is 3.90. The molecular formula is C16H19N3O7. The van der Waals surface area contributed by atoms with Gasteiger partial charge in [0.15, 0.2) is 12.0 Å². The molecule has 0 aliphatic carbocycles. The Morgan fingerprint density at radius 1 is 1.35 bits per heavy atom. The summed E-state index contributed by atoms with van der Waals surface area (Å²) in [4.78, 5) is 20.0. The summed E-state index contributed by atoms with van der Waals surface area (Å²) in [6.07, 6.45) is -2.00. The van der Waals surface area contributed by atoms with Crippen molar-refractivity contribution in [1.29, 1.82) is 0 Å². The third-order valence-electron chi connectivity index (χ3n) is 3.90. The molecule has 0 bridgehead atoms. The Balaban J connectivity index is 1.75. The minimum Gasteiger partial charge on any atom is -0.458 e. The first-order valence-corrected chi connectivity index (χ1v) is 7.87. The van der Waals surface area contributed by atoms with Crippen molar-refractivity contribution in [3.05, 3.63) is 46.4 Å². The van der Waals surface area contributed by atoms with Crippen LogP contribution in [0.3, 0.4) is 0 Å². The minimum atomic E-state index is -1.36. The largest absolute Gasteiger partial charge is 0.458 e. The van der Waals surface area contributed by atoms with Crippen LogP contribution in [0.2, 0.25) is 0 Å². The Kier molecular flexibility index (Phi) is 5.59. The summed E-state index contributed by atoms with van der Waals surface area (Å²) in [6.45, 7) is -0.139. The summed E-state index contributed by atoms with van der Waals surface area (Å²) < 4.78 is 16.7. The lowest BCUT2D eigenvalue weighted by atomic mass is 10.1. The molecule has 1 saturated heterocycles. The van der Waals surface area contributed by atoms with E-state index in [4.69, 9.17) is 19.0 Å². The predicted octanol–water partition coefficient (Wildman–Crippen LogP) is -0.655. The molecule has 2 aromatic heterocycles. The number of aliphatic hydroxyl groups is 3. The molecule has 2 aromatic rings. The molecule has 0 aromatic carbocycles. The highest BCUT2D eigenvalue weighted by Crippen LogP contribution is 2.28. The van der Waals surface area contributed by atoms with Crippen LogP contribution in [0.15, 0.2) is 38.6 Å². The van der Waals surface area contributed by atoms with Crippen LogP contribution >= 0.6 is 0 Å². The zero-order chi connectivity index (χ0) is 18.7. The number of aliphatic imine (C=N–C) groups is 1. The molecule has 10 heteroatoms. The third kappa shape index (κ3) is 3.74. The van der Waals surface area contributed by atoms with E-state index in [9.17, 15) is 15.0 Å². The maximum Gasteiger partial charge on any atom is 0.351 e. The number of hydrogen-bond donors (Lipinski definition) is 3. The van der Waals surface area contributed by atoms with Crippen molar-refractivity contribution in [3.8, 4) is 0 Å². The van der Waals surface area contributed by atoms with Crippen LogP contribution in [0, 0.1) is 0 Å². The van der Waals surface area contributed by atoms with Gasteiger partial charge in [0.05, 0.1) is 12.8 Å². The lowest BCUT2D eigenvalue weighted by molar-refractivity contribution is -0.0549. The molecule has 4 atom stereocenters. The topological polar surface area (TPSA) is 140 Å². The van der Waals surface area contributed by atoms with Crippen molar-refractivity contribution in [3.63, 3.8) is 0 Å². The van der Waals surface area contributed by atoms with Gasteiger partial charge in [0, 0.05) is 13.3 Å². The number of aliphatic hydroxyl groups excluding tert-OH is 3. The average molecular weight is 365 g/mol.